The number of pyridine rings is 1. The van der Waals surface area contributed by atoms with Gasteiger partial charge in [-0.2, -0.15) is 0 Å². The van der Waals surface area contributed by atoms with E-state index in [1.54, 1.807) is 24.9 Å². The maximum Gasteiger partial charge on any atom is 0.325 e. The van der Waals surface area contributed by atoms with E-state index < -0.39 is 18.3 Å². The van der Waals surface area contributed by atoms with Crippen molar-refractivity contribution in [3.05, 3.63) is 119 Å². The van der Waals surface area contributed by atoms with Gasteiger partial charge in [0.15, 0.2) is 6.29 Å². The molecule has 0 bridgehead atoms. The maximum atomic E-state index is 12.3. The molecule has 0 radical (unpaired) electrons. The summed E-state index contributed by atoms with van der Waals surface area (Å²) in [7, 11) is 0. The molecule has 1 aromatic heterocycles. The lowest BCUT2D eigenvalue weighted by Crippen LogP contribution is -2.38. The molecule has 1 saturated heterocycles. The Kier molecular flexibility index (Phi) is 11.8. The van der Waals surface area contributed by atoms with Crippen LogP contribution in [0.3, 0.4) is 0 Å². The first-order valence-electron chi connectivity index (χ1n) is 15.3. The van der Waals surface area contributed by atoms with Gasteiger partial charge in [0.2, 0.25) is 0 Å². The van der Waals surface area contributed by atoms with Crippen molar-refractivity contribution in [1.29, 1.82) is 0 Å². The Morgan fingerprint density at radius 3 is 2.37 bits per heavy atom. The minimum absolute atomic E-state index is 0.00927. The standard InChI is InChI=1S/C36H39N3O6S/c1-3-43-33(41)21-39-36(42)38-20-29-8-4-5-9-30(29)26-15-17-28(18-16-26)35-44-31(23-46-32-10-6-7-19-37-32)24(2)34(45-35)27-13-11-25(22-40)12-14-27/h4-19,24,31,34-35,40H,3,20-23H2,1-2H3,(H2,38,39,42). The Morgan fingerprint density at radius 1 is 0.913 bits per heavy atom. The third-order valence-electron chi connectivity index (χ3n) is 7.81. The minimum Gasteiger partial charge on any atom is -0.465 e. The number of rotatable bonds is 12. The monoisotopic (exact) mass is 641 g/mol. The van der Waals surface area contributed by atoms with Crippen molar-refractivity contribution in [2.24, 2.45) is 5.92 Å². The van der Waals surface area contributed by atoms with E-state index in [2.05, 4.69) is 22.5 Å². The number of aliphatic hydroxyl groups excluding tert-OH is 1. The third kappa shape index (κ3) is 8.73. The van der Waals surface area contributed by atoms with E-state index in [9.17, 15) is 14.7 Å². The molecule has 2 amide bonds. The van der Waals surface area contributed by atoms with E-state index in [1.165, 1.54) is 0 Å². The van der Waals surface area contributed by atoms with E-state index >= 15 is 0 Å². The fraction of sp³-hybridized carbons (Fsp3) is 0.306. The number of amides is 2. The predicted molar refractivity (Wildman–Crippen MR) is 177 cm³/mol. The second kappa shape index (κ2) is 16.4. The fourth-order valence-electron chi connectivity index (χ4n) is 5.29. The lowest BCUT2D eigenvalue weighted by atomic mass is 9.91. The molecule has 240 valence electrons. The highest BCUT2D eigenvalue weighted by Gasteiger charge is 2.38. The summed E-state index contributed by atoms with van der Waals surface area (Å²) in [6.45, 7) is 4.21. The Hall–Kier alpha value is -4.22. The van der Waals surface area contributed by atoms with E-state index in [4.69, 9.17) is 14.2 Å². The number of nitrogens with one attached hydrogen (secondary N) is 2. The molecule has 5 rings (SSSR count). The molecule has 3 N–H and O–H groups in total. The molecule has 4 atom stereocenters. The summed E-state index contributed by atoms with van der Waals surface area (Å²) >= 11 is 1.66. The Labute approximate surface area is 273 Å². The van der Waals surface area contributed by atoms with Crippen LogP contribution in [0.4, 0.5) is 4.79 Å². The van der Waals surface area contributed by atoms with Crippen molar-refractivity contribution in [2.75, 3.05) is 18.9 Å². The van der Waals surface area contributed by atoms with Crippen LogP contribution < -0.4 is 10.6 Å². The van der Waals surface area contributed by atoms with E-state index in [0.29, 0.717) is 0 Å². The largest absolute Gasteiger partial charge is 0.465 e. The summed E-state index contributed by atoms with van der Waals surface area (Å²) in [5.41, 5.74) is 5.68. The van der Waals surface area contributed by atoms with Crippen molar-refractivity contribution in [1.82, 2.24) is 15.6 Å². The Balaban J connectivity index is 1.31. The van der Waals surface area contributed by atoms with Gasteiger partial charge in [0, 0.05) is 30.0 Å². The molecule has 0 aliphatic carbocycles. The molecular formula is C36H39N3O6S. The van der Waals surface area contributed by atoms with Gasteiger partial charge in [0.1, 0.15) is 6.54 Å². The highest BCUT2D eigenvalue weighted by atomic mass is 32.2. The molecule has 46 heavy (non-hydrogen) atoms. The normalized spacial score (nSPS) is 19.3. The van der Waals surface area contributed by atoms with Crippen LogP contribution in [0.5, 0.6) is 0 Å². The number of benzene rings is 3. The predicted octanol–water partition coefficient (Wildman–Crippen LogP) is 6.19. The van der Waals surface area contributed by atoms with Crippen molar-refractivity contribution >= 4 is 23.8 Å². The number of hydrogen-bond donors (Lipinski definition) is 3. The van der Waals surface area contributed by atoms with Crippen molar-refractivity contribution in [3.63, 3.8) is 0 Å². The van der Waals surface area contributed by atoms with Gasteiger partial charge in [0.05, 0.1) is 30.4 Å². The number of ether oxygens (including phenoxy) is 3. The second-order valence-electron chi connectivity index (χ2n) is 10.9. The summed E-state index contributed by atoms with van der Waals surface area (Å²) in [6.07, 6.45) is 0.904. The Bertz CT molecular complexity index is 1570. The third-order valence-corrected chi connectivity index (χ3v) is 8.84. The number of thioether (sulfide) groups is 1. The number of esters is 1. The highest BCUT2D eigenvalue weighted by molar-refractivity contribution is 7.99. The van der Waals surface area contributed by atoms with Crippen LogP contribution in [-0.2, 0) is 32.2 Å². The van der Waals surface area contributed by atoms with Gasteiger partial charge < -0.3 is 30.0 Å². The first kappa shape index (κ1) is 33.2. The first-order chi connectivity index (χ1) is 22.4. The van der Waals surface area contributed by atoms with Gasteiger partial charge in [0.25, 0.3) is 0 Å². The Morgan fingerprint density at radius 2 is 1.65 bits per heavy atom. The van der Waals surface area contributed by atoms with Crippen molar-refractivity contribution in [2.45, 2.75) is 50.5 Å². The van der Waals surface area contributed by atoms with Crippen molar-refractivity contribution in [3.8, 4) is 11.1 Å². The van der Waals surface area contributed by atoms with Crippen LogP contribution in [0.15, 0.2) is 102 Å². The second-order valence-corrected chi connectivity index (χ2v) is 12.0. The van der Waals surface area contributed by atoms with Gasteiger partial charge in [-0.25, -0.2) is 9.78 Å². The van der Waals surface area contributed by atoms with Crippen molar-refractivity contribution < 1.29 is 28.9 Å². The van der Waals surface area contributed by atoms with Gasteiger partial charge in [-0.05, 0) is 46.9 Å². The van der Waals surface area contributed by atoms with E-state index in [-0.39, 0.29) is 44.4 Å². The number of urea groups is 1. The molecule has 1 fully saturated rings. The van der Waals surface area contributed by atoms with Crippen LogP contribution in [-0.4, -0.2) is 47.1 Å². The SMILES string of the molecule is CCOC(=O)CNC(=O)NCc1ccccc1-c1ccc(C2OC(CSc3ccccn3)C(C)C(c3ccc(CO)cc3)O2)cc1. The molecule has 0 spiro atoms. The van der Waals surface area contributed by atoms with Crippen LogP contribution in [0.2, 0.25) is 0 Å². The molecule has 1 aliphatic rings. The van der Waals surface area contributed by atoms with E-state index in [0.717, 1.165) is 44.2 Å². The molecule has 4 unspecified atom stereocenters. The number of hydrogen-bond acceptors (Lipinski definition) is 8. The van der Waals surface area contributed by atoms with Gasteiger partial charge in [-0.15, -0.1) is 11.8 Å². The summed E-state index contributed by atoms with van der Waals surface area (Å²) in [5.74, 6) is 0.304. The van der Waals surface area contributed by atoms with Gasteiger partial charge in [-0.3, -0.25) is 4.79 Å². The van der Waals surface area contributed by atoms with Crippen LogP contribution in [0.1, 0.15) is 48.5 Å². The molecule has 2 heterocycles. The molecule has 3 aromatic carbocycles. The van der Waals surface area contributed by atoms with Gasteiger partial charge >= 0.3 is 12.0 Å². The molecule has 9 nitrogen and oxygen atoms in total. The first-order valence-corrected chi connectivity index (χ1v) is 16.3. The van der Waals surface area contributed by atoms with Crippen LogP contribution >= 0.6 is 11.8 Å². The number of carbonyl (C=O) groups is 2. The fourth-order valence-corrected chi connectivity index (χ4v) is 6.32. The summed E-state index contributed by atoms with van der Waals surface area (Å²) in [5, 5.41) is 15.8. The van der Waals surface area contributed by atoms with Gasteiger partial charge in [-0.1, -0.05) is 85.8 Å². The number of aromatic nitrogens is 1. The zero-order chi connectivity index (χ0) is 32.3. The highest BCUT2D eigenvalue weighted by Crippen LogP contribution is 2.43. The minimum atomic E-state index is -0.581. The maximum absolute atomic E-state index is 12.3. The lowest BCUT2D eigenvalue weighted by Gasteiger charge is -2.41. The number of carbonyl (C=O) groups excluding carboxylic acids is 2. The average molecular weight is 642 g/mol. The number of aliphatic hydroxyl groups is 1. The van der Waals surface area contributed by atoms with Crippen LogP contribution in [0, 0.1) is 5.92 Å². The molecule has 4 aromatic rings. The lowest BCUT2D eigenvalue weighted by molar-refractivity contribution is -0.268. The average Bonchev–Trinajstić information content (AvgIpc) is 3.10. The zero-order valence-corrected chi connectivity index (χ0v) is 26.7. The van der Waals surface area contributed by atoms with E-state index in [1.807, 2.05) is 91.0 Å². The molecule has 10 heteroatoms. The molecule has 0 saturated carbocycles. The quantitative estimate of drug-likeness (QED) is 0.124. The molecular weight excluding hydrogens is 602 g/mol. The summed E-state index contributed by atoms with van der Waals surface area (Å²) in [6, 6.07) is 29.3. The van der Waals surface area contributed by atoms with Crippen LogP contribution in [0.25, 0.3) is 11.1 Å². The summed E-state index contributed by atoms with van der Waals surface area (Å²) in [4.78, 5) is 28.3. The number of nitrogens with zero attached hydrogens (tertiary/aromatic N) is 1. The molecule has 1 aliphatic heterocycles. The smallest absolute Gasteiger partial charge is 0.325 e. The topological polar surface area (TPSA) is 119 Å². The zero-order valence-electron chi connectivity index (χ0n) is 25.9. The summed E-state index contributed by atoms with van der Waals surface area (Å²) < 4.78 is 18.1.